The van der Waals surface area contributed by atoms with E-state index in [2.05, 4.69) is 26.0 Å². The van der Waals surface area contributed by atoms with E-state index in [1.165, 1.54) is 0 Å². The lowest BCUT2D eigenvalue weighted by molar-refractivity contribution is 0.0699. The molecule has 2 aromatic carbocycles. The second kappa shape index (κ2) is 7.04. The van der Waals surface area contributed by atoms with Gasteiger partial charge in [-0.05, 0) is 61.9 Å². The minimum absolute atomic E-state index is 0.205. The average molecular weight is 457 g/mol. The molecule has 0 bridgehead atoms. The van der Waals surface area contributed by atoms with Crippen molar-refractivity contribution in [2.24, 2.45) is 0 Å². The van der Waals surface area contributed by atoms with Crippen molar-refractivity contribution < 1.29 is 9.90 Å². The van der Waals surface area contributed by atoms with Crippen LogP contribution in [0.3, 0.4) is 0 Å². The van der Waals surface area contributed by atoms with Crippen LogP contribution in [-0.2, 0) is 0 Å². The number of carbonyl (C=O) groups is 1. The lowest BCUT2D eigenvalue weighted by Gasteiger charge is -2.10. The van der Waals surface area contributed by atoms with Crippen molar-refractivity contribution in [3.8, 4) is 16.9 Å². The van der Waals surface area contributed by atoms with Crippen molar-refractivity contribution in [3.05, 3.63) is 75.0 Å². The van der Waals surface area contributed by atoms with Crippen molar-refractivity contribution in [2.75, 3.05) is 0 Å². The van der Waals surface area contributed by atoms with E-state index in [4.69, 9.17) is 11.6 Å². The smallest absolute Gasteiger partial charge is 0.336 e. The Morgan fingerprint density at radius 2 is 1.93 bits per heavy atom. The van der Waals surface area contributed by atoms with Gasteiger partial charge in [0.1, 0.15) is 0 Å². The number of hydrogen-bond donors (Lipinski definition) is 1. The molecule has 0 radical (unpaired) electrons. The van der Waals surface area contributed by atoms with E-state index in [0.29, 0.717) is 21.6 Å². The third kappa shape index (κ3) is 3.19. The van der Waals surface area contributed by atoms with E-state index in [1.807, 2.05) is 42.8 Å². The maximum absolute atomic E-state index is 11.8. The summed E-state index contributed by atoms with van der Waals surface area (Å²) in [5, 5.41) is 15.4. The lowest BCUT2D eigenvalue weighted by atomic mass is 10.0. The van der Waals surface area contributed by atoms with Gasteiger partial charge in [-0.15, -0.1) is 0 Å². The fourth-order valence-corrected chi connectivity index (χ4v) is 3.86. The van der Waals surface area contributed by atoms with Crippen molar-refractivity contribution in [2.45, 2.75) is 13.8 Å². The van der Waals surface area contributed by atoms with Crippen molar-refractivity contribution in [1.82, 2.24) is 14.8 Å². The Labute approximate surface area is 174 Å². The van der Waals surface area contributed by atoms with E-state index >= 15 is 0 Å². The normalized spacial score (nSPS) is 11.1. The molecule has 0 saturated heterocycles. The molecule has 1 N–H and O–H groups in total. The van der Waals surface area contributed by atoms with E-state index in [1.54, 1.807) is 24.4 Å². The van der Waals surface area contributed by atoms with Gasteiger partial charge in [0, 0.05) is 20.4 Å². The molecule has 0 aliphatic rings. The fourth-order valence-electron chi connectivity index (χ4n) is 3.27. The van der Waals surface area contributed by atoms with Crippen LogP contribution in [0.15, 0.2) is 53.1 Å². The molecule has 0 unspecified atom stereocenters. The number of pyridine rings is 1. The zero-order chi connectivity index (χ0) is 20.0. The molecule has 0 aliphatic heterocycles. The molecule has 0 aliphatic carbocycles. The molecule has 5 nitrogen and oxygen atoms in total. The summed E-state index contributed by atoms with van der Waals surface area (Å²) >= 11 is 9.45. The first kappa shape index (κ1) is 18.7. The standard InChI is InChI=1S/C21H15BrClN3O2/c1-11-7-14(23)4-6-20(11)26-12(2)17(10-24-26)19-9-16(21(27)28)15-8-13(22)3-5-18(15)25-19/h3-10H,1-2H3,(H,27,28). The van der Waals surface area contributed by atoms with Gasteiger partial charge in [-0.1, -0.05) is 27.5 Å². The molecule has 4 aromatic rings. The molecule has 0 amide bonds. The van der Waals surface area contributed by atoms with E-state index in [9.17, 15) is 9.90 Å². The van der Waals surface area contributed by atoms with Gasteiger partial charge < -0.3 is 5.11 Å². The molecule has 140 valence electrons. The van der Waals surface area contributed by atoms with Gasteiger partial charge in [-0.2, -0.15) is 5.10 Å². The Balaban J connectivity index is 1.91. The second-order valence-corrected chi connectivity index (χ2v) is 7.86. The molecular formula is C21H15BrClN3O2. The van der Waals surface area contributed by atoms with Crippen molar-refractivity contribution in [3.63, 3.8) is 0 Å². The monoisotopic (exact) mass is 455 g/mol. The molecule has 2 aromatic heterocycles. The van der Waals surface area contributed by atoms with Gasteiger partial charge in [-0.25, -0.2) is 14.5 Å². The number of aromatic nitrogens is 3. The lowest BCUT2D eigenvalue weighted by Crippen LogP contribution is -2.02. The summed E-state index contributed by atoms with van der Waals surface area (Å²) < 4.78 is 2.62. The highest BCUT2D eigenvalue weighted by atomic mass is 79.9. The number of carboxylic acids is 1. The first-order chi connectivity index (χ1) is 13.3. The van der Waals surface area contributed by atoms with Crippen LogP contribution < -0.4 is 0 Å². The minimum atomic E-state index is -0.995. The Morgan fingerprint density at radius 1 is 1.14 bits per heavy atom. The van der Waals surface area contributed by atoms with Gasteiger partial charge in [0.15, 0.2) is 0 Å². The molecule has 0 atom stereocenters. The van der Waals surface area contributed by atoms with Crippen LogP contribution in [0.25, 0.3) is 27.8 Å². The molecule has 2 heterocycles. The number of nitrogens with zero attached hydrogens (tertiary/aromatic N) is 3. The molecule has 28 heavy (non-hydrogen) atoms. The quantitative estimate of drug-likeness (QED) is 0.422. The van der Waals surface area contributed by atoms with Crippen molar-refractivity contribution in [1.29, 1.82) is 0 Å². The second-order valence-electron chi connectivity index (χ2n) is 6.51. The average Bonchev–Trinajstić information content (AvgIpc) is 3.02. The number of fused-ring (bicyclic) bond motifs is 1. The van der Waals surface area contributed by atoms with Crippen LogP contribution in [-0.4, -0.2) is 25.8 Å². The molecule has 0 spiro atoms. The minimum Gasteiger partial charge on any atom is -0.478 e. The maximum Gasteiger partial charge on any atom is 0.336 e. The Hall–Kier alpha value is -2.70. The predicted molar refractivity (Wildman–Crippen MR) is 113 cm³/mol. The molecule has 0 fully saturated rings. The fraction of sp³-hybridized carbons (Fsp3) is 0.0952. The number of aryl methyl sites for hydroxylation is 1. The van der Waals surface area contributed by atoms with Gasteiger partial charge in [-0.3, -0.25) is 0 Å². The summed E-state index contributed by atoms with van der Waals surface area (Å²) in [6, 6.07) is 12.6. The van der Waals surface area contributed by atoms with E-state index in [0.717, 1.165) is 27.0 Å². The Bertz CT molecular complexity index is 1250. The van der Waals surface area contributed by atoms with Crippen molar-refractivity contribution >= 4 is 44.4 Å². The zero-order valence-corrected chi connectivity index (χ0v) is 17.4. The van der Waals surface area contributed by atoms with Crippen LogP contribution in [0.2, 0.25) is 5.02 Å². The third-order valence-electron chi connectivity index (χ3n) is 4.67. The largest absolute Gasteiger partial charge is 0.478 e. The van der Waals surface area contributed by atoms with Crippen LogP contribution in [0.5, 0.6) is 0 Å². The number of aromatic carboxylic acids is 1. The van der Waals surface area contributed by atoms with Gasteiger partial charge in [0.05, 0.1) is 34.4 Å². The summed E-state index contributed by atoms with van der Waals surface area (Å²) in [7, 11) is 0. The van der Waals surface area contributed by atoms with E-state index < -0.39 is 5.97 Å². The summed E-state index contributed by atoms with van der Waals surface area (Å²) in [6.45, 7) is 3.90. The summed E-state index contributed by atoms with van der Waals surface area (Å²) in [5.74, 6) is -0.995. The SMILES string of the molecule is Cc1cc(Cl)ccc1-n1ncc(-c2cc(C(=O)O)c3cc(Br)ccc3n2)c1C. The summed E-state index contributed by atoms with van der Waals surface area (Å²) in [5.41, 5.74) is 4.95. The topological polar surface area (TPSA) is 68.0 Å². The number of carboxylic acid groups (broad SMARTS) is 1. The molecule has 0 saturated carbocycles. The molecular weight excluding hydrogens is 442 g/mol. The number of benzene rings is 2. The zero-order valence-electron chi connectivity index (χ0n) is 15.1. The van der Waals surface area contributed by atoms with Crippen LogP contribution in [0.4, 0.5) is 0 Å². The highest BCUT2D eigenvalue weighted by molar-refractivity contribution is 9.10. The molecule has 4 rings (SSSR count). The number of hydrogen-bond acceptors (Lipinski definition) is 3. The first-order valence-electron chi connectivity index (χ1n) is 8.50. The van der Waals surface area contributed by atoms with Gasteiger partial charge in [0.25, 0.3) is 0 Å². The maximum atomic E-state index is 11.8. The predicted octanol–water partition coefficient (Wildman–Crippen LogP) is 5.82. The first-order valence-corrected chi connectivity index (χ1v) is 9.67. The van der Waals surface area contributed by atoms with E-state index in [-0.39, 0.29) is 5.56 Å². The van der Waals surface area contributed by atoms with Crippen LogP contribution in [0.1, 0.15) is 21.6 Å². The third-order valence-corrected chi connectivity index (χ3v) is 5.40. The number of rotatable bonds is 3. The van der Waals surface area contributed by atoms with Gasteiger partial charge >= 0.3 is 5.97 Å². The Morgan fingerprint density at radius 3 is 2.64 bits per heavy atom. The number of halogens is 2. The highest BCUT2D eigenvalue weighted by Gasteiger charge is 2.17. The summed E-state index contributed by atoms with van der Waals surface area (Å²) in [6.07, 6.45) is 1.71. The van der Waals surface area contributed by atoms with Gasteiger partial charge in [0.2, 0.25) is 0 Å². The van der Waals surface area contributed by atoms with Crippen LogP contribution >= 0.6 is 27.5 Å². The highest BCUT2D eigenvalue weighted by Crippen LogP contribution is 2.30. The summed E-state index contributed by atoms with van der Waals surface area (Å²) in [4.78, 5) is 16.5. The molecule has 7 heteroatoms. The Kier molecular flexibility index (Phi) is 4.69. The van der Waals surface area contributed by atoms with Crippen LogP contribution in [0, 0.1) is 13.8 Å².